The summed E-state index contributed by atoms with van der Waals surface area (Å²) in [6.45, 7) is 0. The molecule has 0 atom stereocenters. The van der Waals surface area contributed by atoms with E-state index in [0.717, 1.165) is 5.65 Å². The van der Waals surface area contributed by atoms with Crippen molar-refractivity contribution in [2.75, 3.05) is 0 Å². The van der Waals surface area contributed by atoms with Gasteiger partial charge in [-0.25, -0.2) is 9.37 Å². The second-order valence-electron chi connectivity index (χ2n) is 3.73. The van der Waals surface area contributed by atoms with Gasteiger partial charge in [-0.15, -0.1) is 0 Å². The Balaban J connectivity index is 1.99. The first kappa shape index (κ1) is 11.0. The molecular formula is C13H8ClFN2O. The number of rotatable bonds is 2. The Morgan fingerprint density at radius 3 is 2.67 bits per heavy atom. The quantitative estimate of drug-likeness (QED) is 0.700. The Morgan fingerprint density at radius 1 is 1.11 bits per heavy atom. The van der Waals surface area contributed by atoms with E-state index in [9.17, 15) is 4.39 Å². The summed E-state index contributed by atoms with van der Waals surface area (Å²) < 4.78 is 20.1. The highest BCUT2D eigenvalue weighted by atomic mass is 35.5. The topological polar surface area (TPSA) is 26.5 Å². The van der Waals surface area contributed by atoms with Gasteiger partial charge in [0.05, 0.1) is 11.2 Å². The van der Waals surface area contributed by atoms with Crippen LogP contribution < -0.4 is 4.74 Å². The molecule has 0 radical (unpaired) electrons. The molecule has 18 heavy (non-hydrogen) atoms. The van der Waals surface area contributed by atoms with Crippen molar-refractivity contribution in [3.63, 3.8) is 0 Å². The maximum absolute atomic E-state index is 12.8. The first-order valence-electron chi connectivity index (χ1n) is 5.28. The summed E-state index contributed by atoms with van der Waals surface area (Å²) in [5.41, 5.74) is 0.733. The molecule has 0 spiro atoms. The molecule has 3 nitrogen and oxygen atoms in total. The molecular weight excluding hydrogens is 255 g/mol. The summed E-state index contributed by atoms with van der Waals surface area (Å²) in [4.78, 5) is 4.18. The summed E-state index contributed by atoms with van der Waals surface area (Å²) in [6.07, 6.45) is 3.30. The van der Waals surface area contributed by atoms with Crippen molar-refractivity contribution >= 4 is 17.2 Å². The summed E-state index contributed by atoms with van der Waals surface area (Å²) >= 11 is 5.92. The summed E-state index contributed by atoms with van der Waals surface area (Å²) in [7, 11) is 0. The number of hydrogen-bond acceptors (Lipinski definition) is 2. The maximum Gasteiger partial charge on any atom is 0.224 e. The van der Waals surface area contributed by atoms with Crippen LogP contribution in [0.4, 0.5) is 4.39 Å². The van der Waals surface area contributed by atoms with Crippen LogP contribution in [-0.2, 0) is 0 Å². The lowest BCUT2D eigenvalue weighted by atomic mass is 10.3. The first-order valence-corrected chi connectivity index (χ1v) is 5.66. The van der Waals surface area contributed by atoms with Gasteiger partial charge in [0, 0.05) is 6.20 Å². The number of imidazole rings is 1. The van der Waals surface area contributed by atoms with Crippen LogP contribution in [0.25, 0.3) is 5.65 Å². The Kier molecular flexibility index (Phi) is 2.64. The predicted molar refractivity (Wildman–Crippen MR) is 66.7 cm³/mol. The third-order valence-electron chi connectivity index (χ3n) is 2.47. The fourth-order valence-electron chi connectivity index (χ4n) is 1.63. The third-order valence-corrected chi connectivity index (χ3v) is 2.70. The average Bonchev–Trinajstić information content (AvgIpc) is 2.75. The van der Waals surface area contributed by atoms with Crippen LogP contribution in [0.5, 0.6) is 11.6 Å². The smallest absolute Gasteiger partial charge is 0.224 e. The van der Waals surface area contributed by atoms with Crippen LogP contribution in [0.2, 0.25) is 5.02 Å². The minimum atomic E-state index is -0.302. The van der Waals surface area contributed by atoms with E-state index < -0.39 is 0 Å². The Labute approximate surface area is 107 Å². The van der Waals surface area contributed by atoms with Crippen molar-refractivity contribution in [3.8, 4) is 11.6 Å². The number of nitrogens with zero attached hydrogens (tertiary/aromatic N) is 2. The molecule has 0 aliphatic carbocycles. The van der Waals surface area contributed by atoms with E-state index in [1.807, 2.05) is 0 Å². The van der Waals surface area contributed by atoms with Crippen LogP contribution in [-0.4, -0.2) is 9.38 Å². The Bertz CT molecular complexity index is 694. The molecule has 90 valence electrons. The lowest BCUT2D eigenvalue weighted by molar-refractivity contribution is 0.457. The molecule has 0 saturated carbocycles. The lowest BCUT2D eigenvalue weighted by Crippen LogP contribution is -1.90. The zero-order chi connectivity index (χ0) is 12.5. The van der Waals surface area contributed by atoms with Crippen molar-refractivity contribution in [2.45, 2.75) is 0 Å². The maximum atomic E-state index is 12.8. The number of pyridine rings is 1. The van der Waals surface area contributed by atoms with Gasteiger partial charge < -0.3 is 4.74 Å². The van der Waals surface area contributed by atoms with E-state index in [-0.39, 0.29) is 5.82 Å². The molecule has 3 aromatic rings. The van der Waals surface area contributed by atoms with E-state index in [1.54, 1.807) is 41.1 Å². The normalized spacial score (nSPS) is 10.8. The molecule has 0 unspecified atom stereocenters. The Hall–Kier alpha value is -2.07. The number of ether oxygens (including phenoxy) is 1. The largest absolute Gasteiger partial charge is 0.439 e. The first-order chi connectivity index (χ1) is 8.72. The molecule has 0 fully saturated rings. The molecule has 0 aliphatic heterocycles. The third kappa shape index (κ3) is 2.02. The van der Waals surface area contributed by atoms with Crippen LogP contribution in [0.15, 0.2) is 48.8 Å². The molecule has 0 aliphatic rings. The van der Waals surface area contributed by atoms with Crippen molar-refractivity contribution in [1.29, 1.82) is 0 Å². The summed E-state index contributed by atoms with van der Waals surface area (Å²) in [6, 6.07) is 9.33. The van der Waals surface area contributed by atoms with Gasteiger partial charge in [-0.1, -0.05) is 11.6 Å². The molecule has 3 rings (SSSR count). The van der Waals surface area contributed by atoms with Gasteiger partial charge in [0.15, 0.2) is 0 Å². The second kappa shape index (κ2) is 4.31. The zero-order valence-electron chi connectivity index (χ0n) is 9.18. The van der Waals surface area contributed by atoms with E-state index in [1.165, 1.54) is 12.1 Å². The van der Waals surface area contributed by atoms with Gasteiger partial charge in [-0.2, -0.15) is 0 Å². The lowest BCUT2D eigenvalue weighted by Gasteiger charge is -2.04. The molecule has 0 bridgehead atoms. The molecule has 5 heteroatoms. The summed E-state index contributed by atoms with van der Waals surface area (Å²) in [5.74, 6) is 0.765. The van der Waals surface area contributed by atoms with Gasteiger partial charge in [0.2, 0.25) is 5.88 Å². The number of hydrogen-bond donors (Lipinski definition) is 0. The fraction of sp³-hybridized carbons (Fsp3) is 0. The fourth-order valence-corrected chi connectivity index (χ4v) is 1.79. The van der Waals surface area contributed by atoms with Gasteiger partial charge in [0.1, 0.15) is 17.2 Å². The second-order valence-corrected chi connectivity index (χ2v) is 4.16. The van der Waals surface area contributed by atoms with Crippen molar-refractivity contribution < 1.29 is 9.13 Å². The van der Waals surface area contributed by atoms with Crippen LogP contribution in [0.3, 0.4) is 0 Å². The Morgan fingerprint density at radius 2 is 1.89 bits per heavy atom. The standard InChI is InChI=1S/C13H8ClFN2O/c14-9-1-6-12-16-7-13(17(12)8-9)18-11-4-2-10(15)3-5-11/h1-8H. The van der Waals surface area contributed by atoms with Crippen LogP contribution in [0.1, 0.15) is 0 Å². The number of fused-ring (bicyclic) bond motifs is 1. The molecule has 0 N–H and O–H groups in total. The van der Waals surface area contributed by atoms with Crippen molar-refractivity contribution in [2.24, 2.45) is 0 Å². The minimum Gasteiger partial charge on any atom is -0.439 e. The van der Waals surface area contributed by atoms with Gasteiger partial charge >= 0.3 is 0 Å². The zero-order valence-corrected chi connectivity index (χ0v) is 9.93. The number of aromatic nitrogens is 2. The van der Waals surface area contributed by atoms with Crippen LogP contribution >= 0.6 is 11.6 Å². The highest BCUT2D eigenvalue weighted by Gasteiger charge is 2.05. The summed E-state index contributed by atoms with van der Waals surface area (Å²) in [5, 5.41) is 0.587. The van der Waals surface area contributed by atoms with E-state index in [0.29, 0.717) is 16.7 Å². The van der Waals surface area contributed by atoms with Crippen molar-refractivity contribution in [1.82, 2.24) is 9.38 Å². The molecule has 2 heterocycles. The molecule has 1 aromatic carbocycles. The minimum absolute atomic E-state index is 0.302. The highest BCUT2D eigenvalue weighted by molar-refractivity contribution is 6.30. The molecule has 2 aromatic heterocycles. The predicted octanol–water partition coefficient (Wildman–Crippen LogP) is 3.92. The van der Waals surface area contributed by atoms with E-state index in [4.69, 9.17) is 16.3 Å². The SMILES string of the molecule is Fc1ccc(Oc2cnc3ccc(Cl)cn23)cc1. The molecule has 0 amide bonds. The van der Waals surface area contributed by atoms with Crippen molar-refractivity contribution in [3.05, 3.63) is 59.6 Å². The number of benzene rings is 1. The van der Waals surface area contributed by atoms with E-state index >= 15 is 0 Å². The number of halogens is 2. The average molecular weight is 263 g/mol. The van der Waals surface area contributed by atoms with Gasteiger partial charge in [-0.3, -0.25) is 4.40 Å². The van der Waals surface area contributed by atoms with Crippen LogP contribution in [0, 0.1) is 5.82 Å². The van der Waals surface area contributed by atoms with E-state index in [2.05, 4.69) is 4.98 Å². The van der Waals surface area contributed by atoms with Gasteiger partial charge in [0.25, 0.3) is 0 Å². The monoisotopic (exact) mass is 262 g/mol. The van der Waals surface area contributed by atoms with Gasteiger partial charge in [-0.05, 0) is 36.4 Å². The highest BCUT2D eigenvalue weighted by Crippen LogP contribution is 2.23. The molecule has 0 saturated heterocycles.